The third kappa shape index (κ3) is 1.43. The number of carboxylic acid groups (broad SMARTS) is 1. The Kier molecular flexibility index (Phi) is 1.92. The molecule has 0 fully saturated rings. The first-order valence-corrected chi connectivity index (χ1v) is 3.94. The van der Waals surface area contributed by atoms with Crippen LogP contribution in [0.4, 0.5) is 0 Å². The SMILES string of the molecule is O=C(O)C#Cc1cccc2nccn12. The van der Waals surface area contributed by atoms with Gasteiger partial charge < -0.3 is 5.11 Å². The van der Waals surface area contributed by atoms with Gasteiger partial charge in [0.25, 0.3) is 0 Å². The number of pyridine rings is 1. The van der Waals surface area contributed by atoms with E-state index in [2.05, 4.69) is 16.8 Å². The number of hydrogen-bond acceptors (Lipinski definition) is 2. The van der Waals surface area contributed by atoms with Crippen molar-refractivity contribution in [3.63, 3.8) is 0 Å². The average molecular weight is 186 g/mol. The maximum absolute atomic E-state index is 10.2. The molecule has 0 aromatic carbocycles. The molecule has 14 heavy (non-hydrogen) atoms. The van der Waals surface area contributed by atoms with Gasteiger partial charge in [0.2, 0.25) is 0 Å². The first-order valence-electron chi connectivity index (χ1n) is 3.94. The van der Waals surface area contributed by atoms with E-state index in [0.717, 1.165) is 5.65 Å². The summed E-state index contributed by atoms with van der Waals surface area (Å²) in [4.78, 5) is 14.3. The lowest BCUT2D eigenvalue weighted by molar-refractivity contribution is -0.130. The van der Waals surface area contributed by atoms with Gasteiger partial charge in [-0.15, -0.1) is 0 Å². The molecule has 1 N–H and O–H groups in total. The summed E-state index contributed by atoms with van der Waals surface area (Å²) in [6.07, 6.45) is 3.38. The molecule has 0 atom stereocenters. The van der Waals surface area contributed by atoms with Gasteiger partial charge >= 0.3 is 5.97 Å². The molecule has 4 heteroatoms. The molecule has 0 spiro atoms. The highest BCUT2D eigenvalue weighted by molar-refractivity contribution is 5.87. The molecule has 0 bridgehead atoms. The molecule has 0 unspecified atom stereocenters. The van der Waals surface area contributed by atoms with Crippen molar-refractivity contribution in [1.29, 1.82) is 0 Å². The quantitative estimate of drug-likeness (QED) is 0.618. The summed E-state index contributed by atoms with van der Waals surface area (Å²) < 4.78 is 1.73. The van der Waals surface area contributed by atoms with Gasteiger partial charge in [-0.2, -0.15) is 0 Å². The van der Waals surface area contributed by atoms with E-state index in [1.807, 2.05) is 6.07 Å². The summed E-state index contributed by atoms with van der Waals surface area (Å²) >= 11 is 0. The number of carboxylic acids is 1. The van der Waals surface area contributed by atoms with Crippen LogP contribution >= 0.6 is 0 Å². The number of nitrogens with zero attached hydrogens (tertiary/aromatic N) is 2. The van der Waals surface area contributed by atoms with Gasteiger partial charge in [-0.25, -0.2) is 9.78 Å². The van der Waals surface area contributed by atoms with Crippen LogP contribution in [0.5, 0.6) is 0 Å². The van der Waals surface area contributed by atoms with Crippen molar-refractivity contribution in [2.24, 2.45) is 0 Å². The number of hydrogen-bond donors (Lipinski definition) is 1. The highest BCUT2D eigenvalue weighted by atomic mass is 16.4. The molecule has 0 saturated carbocycles. The Balaban J connectivity index is 2.58. The van der Waals surface area contributed by atoms with E-state index in [1.165, 1.54) is 0 Å². The van der Waals surface area contributed by atoms with E-state index < -0.39 is 5.97 Å². The summed E-state index contributed by atoms with van der Waals surface area (Å²) in [5.74, 6) is 3.47. The molecule has 0 aliphatic rings. The largest absolute Gasteiger partial charge is 0.472 e. The highest BCUT2D eigenvalue weighted by Gasteiger charge is 1.96. The van der Waals surface area contributed by atoms with E-state index in [1.54, 1.807) is 28.9 Å². The van der Waals surface area contributed by atoms with Crippen LogP contribution in [0.3, 0.4) is 0 Å². The van der Waals surface area contributed by atoms with Gasteiger partial charge in [0.05, 0.1) is 5.69 Å². The molecular weight excluding hydrogens is 180 g/mol. The van der Waals surface area contributed by atoms with Crippen molar-refractivity contribution in [2.45, 2.75) is 0 Å². The standard InChI is InChI=1S/C10H6N2O2/c13-10(14)5-4-8-2-1-3-9-11-6-7-12(8)9/h1-3,6-7H,(H,13,14). The van der Waals surface area contributed by atoms with E-state index >= 15 is 0 Å². The second kappa shape index (κ2) is 3.23. The first-order chi connectivity index (χ1) is 6.77. The van der Waals surface area contributed by atoms with Crippen molar-refractivity contribution < 1.29 is 9.90 Å². The van der Waals surface area contributed by atoms with Crippen LogP contribution in [0, 0.1) is 11.8 Å². The third-order valence-electron chi connectivity index (χ3n) is 1.73. The van der Waals surface area contributed by atoms with Crippen molar-refractivity contribution in [2.75, 3.05) is 0 Å². The Morgan fingerprint density at radius 3 is 3.14 bits per heavy atom. The lowest BCUT2D eigenvalue weighted by atomic mass is 10.3. The molecule has 0 saturated heterocycles. The monoisotopic (exact) mass is 186 g/mol. The van der Waals surface area contributed by atoms with Gasteiger partial charge in [-0.3, -0.25) is 4.40 Å². The average Bonchev–Trinajstić information content (AvgIpc) is 2.62. The summed E-state index contributed by atoms with van der Waals surface area (Å²) in [6, 6.07) is 5.35. The molecular formula is C10H6N2O2. The van der Waals surface area contributed by atoms with Crippen LogP contribution in [-0.4, -0.2) is 20.5 Å². The molecule has 0 amide bonds. The minimum absolute atomic E-state index is 0.613. The first kappa shape index (κ1) is 8.32. The summed E-state index contributed by atoms with van der Waals surface area (Å²) in [7, 11) is 0. The zero-order chi connectivity index (χ0) is 9.97. The van der Waals surface area contributed by atoms with Crippen LogP contribution in [0.25, 0.3) is 5.65 Å². The third-order valence-corrected chi connectivity index (χ3v) is 1.73. The van der Waals surface area contributed by atoms with Crippen LogP contribution in [0.2, 0.25) is 0 Å². The maximum atomic E-state index is 10.2. The highest BCUT2D eigenvalue weighted by Crippen LogP contribution is 2.03. The number of carbonyl (C=O) groups is 1. The van der Waals surface area contributed by atoms with Crippen LogP contribution < -0.4 is 0 Å². The smallest absolute Gasteiger partial charge is 0.382 e. The molecule has 2 rings (SSSR count). The molecule has 68 valence electrons. The second-order valence-electron chi connectivity index (χ2n) is 2.62. The normalized spacial score (nSPS) is 9.43. The summed E-state index contributed by atoms with van der Waals surface area (Å²) in [6.45, 7) is 0. The zero-order valence-corrected chi connectivity index (χ0v) is 7.14. The van der Waals surface area contributed by atoms with Gasteiger partial charge in [0, 0.05) is 18.3 Å². The van der Waals surface area contributed by atoms with Crippen LogP contribution in [0.1, 0.15) is 5.69 Å². The Morgan fingerprint density at radius 1 is 1.50 bits per heavy atom. The Bertz CT molecular complexity index is 546. The molecule has 0 radical (unpaired) electrons. The van der Waals surface area contributed by atoms with Crippen molar-refractivity contribution in [3.05, 3.63) is 36.3 Å². The van der Waals surface area contributed by atoms with E-state index in [-0.39, 0.29) is 0 Å². The Labute approximate surface area is 79.8 Å². The minimum atomic E-state index is -1.14. The minimum Gasteiger partial charge on any atom is -0.472 e. The van der Waals surface area contributed by atoms with E-state index in [4.69, 9.17) is 5.11 Å². The Hall–Kier alpha value is -2.28. The summed E-state index contributed by atoms with van der Waals surface area (Å²) in [5.41, 5.74) is 1.37. The number of aliphatic carboxylic acids is 1. The fourth-order valence-electron chi connectivity index (χ4n) is 1.17. The van der Waals surface area contributed by atoms with E-state index in [9.17, 15) is 4.79 Å². The van der Waals surface area contributed by atoms with Gasteiger partial charge in [0.1, 0.15) is 5.65 Å². The topological polar surface area (TPSA) is 54.6 Å². The van der Waals surface area contributed by atoms with Gasteiger partial charge in [-0.1, -0.05) is 6.07 Å². The van der Waals surface area contributed by atoms with Crippen LogP contribution in [0.15, 0.2) is 30.6 Å². The zero-order valence-electron chi connectivity index (χ0n) is 7.14. The fraction of sp³-hybridized carbons (Fsp3) is 0. The molecule has 2 aromatic heterocycles. The molecule has 2 aromatic rings. The van der Waals surface area contributed by atoms with Crippen molar-refractivity contribution in [1.82, 2.24) is 9.38 Å². The number of aromatic nitrogens is 2. The van der Waals surface area contributed by atoms with Gasteiger partial charge in [0.15, 0.2) is 0 Å². The lowest BCUT2D eigenvalue weighted by Crippen LogP contribution is -1.92. The predicted octanol–water partition coefficient (Wildman–Crippen LogP) is 0.770. The second-order valence-corrected chi connectivity index (χ2v) is 2.62. The fourth-order valence-corrected chi connectivity index (χ4v) is 1.17. The molecule has 0 aliphatic carbocycles. The predicted molar refractivity (Wildman–Crippen MR) is 49.7 cm³/mol. The number of imidazole rings is 1. The Morgan fingerprint density at radius 2 is 2.36 bits per heavy atom. The maximum Gasteiger partial charge on any atom is 0.382 e. The van der Waals surface area contributed by atoms with E-state index in [0.29, 0.717) is 5.69 Å². The molecule has 0 aliphatic heterocycles. The van der Waals surface area contributed by atoms with Gasteiger partial charge in [-0.05, 0) is 18.1 Å². The molecule has 4 nitrogen and oxygen atoms in total. The van der Waals surface area contributed by atoms with Crippen LogP contribution in [-0.2, 0) is 4.79 Å². The molecule has 2 heterocycles. The summed E-state index contributed by atoms with van der Waals surface area (Å²) in [5, 5.41) is 8.40. The van der Waals surface area contributed by atoms with Crippen molar-refractivity contribution in [3.8, 4) is 11.8 Å². The van der Waals surface area contributed by atoms with Crippen molar-refractivity contribution >= 4 is 11.6 Å². The lowest BCUT2D eigenvalue weighted by Gasteiger charge is -1.95. The number of rotatable bonds is 0. The number of fused-ring (bicyclic) bond motifs is 1.